The Kier molecular flexibility index (Phi) is 8.17. The molecule has 1 aliphatic heterocycles. The van der Waals surface area contributed by atoms with Gasteiger partial charge in [0, 0.05) is 11.4 Å². The van der Waals surface area contributed by atoms with E-state index < -0.39 is 24.1 Å². The summed E-state index contributed by atoms with van der Waals surface area (Å²) < 4.78 is 16.4. The van der Waals surface area contributed by atoms with Gasteiger partial charge in [0.25, 0.3) is 5.91 Å². The number of anilines is 1. The number of hydrogen-bond acceptors (Lipinski definition) is 6. The van der Waals surface area contributed by atoms with Crippen LogP contribution in [0, 0.1) is 0 Å². The van der Waals surface area contributed by atoms with Crippen molar-refractivity contribution in [3.8, 4) is 11.5 Å². The number of carbonyl (C=O) groups excluding carboxylic acids is 3. The highest BCUT2D eigenvalue weighted by Crippen LogP contribution is 2.34. The molecule has 0 fully saturated rings. The summed E-state index contributed by atoms with van der Waals surface area (Å²) in [7, 11) is 1.56. The highest BCUT2D eigenvalue weighted by Gasteiger charge is 2.32. The molecule has 0 aliphatic carbocycles. The minimum absolute atomic E-state index is 0.259. The number of ether oxygens (including phenoxy) is 3. The zero-order valence-corrected chi connectivity index (χ0v) is 20.8. The number of urea groups is 1. The van der Waals surface area contributed by atoms with Crippen molar-refractivity contribution in [2.24, 2.45) is 0 Å². The second kappa shape index (κ2) is 11.1. The predicted molar refractivity (Wildman–Crippen MR) is 130 cm³/mol. The third-order valence-electron chi connectivity index (χ3n) is 5.07. The third-order valence-corrected chi connectivity index (χ3v) is 5.69. The van der Waals surface area contributed by atoms with Gasteiger partial charge in [-0.05, 0) is 78.7 Å². The van der Waals surface area contributed by atoms with E-state index in [9.17, 15) is 14.4 Å². The van der Waals surface area contributed by atoms with E-state index in [1.807, 2.05) is 0 Å². The number of esters is 1. The number of halogens is 1. The average Bonchev–Trinajstić information content (AvgIpc) is 2.80. The SMILES string of the molecule is CCOC(=O)[C@@H](C)Oc1ccc([C@H]2NC(=O)NC(C)=C2C(=O)Nc2ccc(OC)cc2)cc1Br. The maximum absolute atomic E-state index is 13.2. The van der Waals surface area contributed by atoms with E-state index in [-0.39, 0.29) is 12.5 Å². The van der Waals surface area contributed by atoms with Crippen molar-refractivity contribution in [3.63, 3.8) is 0 Å². The molecule has 2 aromatic rings. The van der Waals surface area contributed by atoms with Gasteiger partial charge in [-0.3, -0.25) is 4.79 Å². The smallest absolute Gasteiger partial charge is 0.347 e. The molecular formula is C24H26BrN3O6. The van der Waals surface area contributed by atoms with Crippen molar-refractivity contribution in [1.82, 2.24) is 10.6 Å². The van der Waals surface area contributed by atoms with Crippen LogP contribution in [0.25, 0.3) is 0 Å². The van der Waals surface area contributed by atoms with Gasteiger partial charge in [0.05, 0.1) is 29.8 Å². The normalized spacial score (nSPS) is 16.1. The van der Waals surface area contributed by atoms with Gasteiger partial charge in [-0.25, -0.2) is 9.59 Å². The maximum atomic E-state index is 13.2. The first-order valence-electron chi connectivity index (χ1n) is 10.6. The Morgan fingerprint density at radius 3 is 2.50 bits per heavy atom. The lowest BCUT2D eigenvalue weighted by atomic mass is 9.94. The van der Waals surface area contributed by atoms with Crippen LogP contribution in [0.1, 0.15) is 32.4 Å². The Hall–Kier alpha value is -3.53. The number of carbonyl (C=O) groups is 3. The van der Waals surface area contributed by atoms with Crippen LogP contribution in [0.4, 0.5) is 10.5 Å². The van der Waals surface area contributed by atoms with E-state index in [1.165, 1.54) is 0 Å². The van der Waals surface area contributed by atoms with Crippen LogP contribution in [0.2, 0.25) is 0 Å². The van der Waals surface area contributed by atoms with Crippen molar-refractivity contribution >= 4 is 39.5 Å². The van der Waals surface area contributed by atoms with Crippen molar-refractivity contribution in [2.45, 2.75) is 32.9 Å². The molecule has 1 aliphatic rings. The summed E-state index contributed by atoms with van der Waals surface area (Å²) in [6.45, 7) is 5.25. The van der Waals surface area contributed by atoms with Crippen LogP contribution in [-0.2, 0) is 14.3 Å². The number of benzene rings is 2. The predicted octanol–water partition coefficient (Wildman–Crippen LogP) is 4.05. The molecule has 34 heavy (non-hydrogen) atoms. The molecule has 0 aromatic heterocycles. The summed E-state index contributed by atoms with van der Waals surface area (Å²) in [5.74, 6) is 0.254. The Labute approximate surface area is 206 Å². The fourth-order valence-corrected chi connectivity index (χ4v) is 3.90. The number of methoxy groups -OCH3 is 1. The number of allylic oxidation sites excluding steroid dienone is 1. The van der Waals surface area contributed by atoms with E-state index in [4.69, 9.17) is 14.2 Å². The standard InChI is InChI=1S/C24H26BrN3O6/c1-5-33-23(30)14(3)34-19-11-6-15(12-18(19)25)21-20(13(2)26-24(31)28-21)22(29)27-16-7-9-17(32-4)10-8-16/h6-12,14,21H,5H2,1-4H3,(H,27,29)(H2,26,28,31)/t14-,21-/m1/s1. The van der Waals surface area contributed by atoms with Crippen LogP contribution in [0.15, 0.2) is 58.2 Å². The Bertz CT molecular complexity index is 1120. The second-order valence-electron chi connectivity index (χ2n) is 7.45. The van der Waals surface area contributed by atoms with Gasteiger partial charge < -0.3 is 30.2 Å². The Morgan fingerprint density at radius 1 is 1.18 bits per heavy atom. The summed E-state index contributed by atoms with van der Waals surface area (Å²) in [4.78, 5) is 37.3. The van der Waals surface area contributed by atoms with Gasteiger partial charge in [0.2, 0.25) is 0 Å². The van der Waals surface area contributed by atoms with Gasteiger partial charge in [-0.15, -0.1) is 0 Å². The fourth-order valence-electron chi connectivity index (χ4n) is 3.41. The van der Waals surface area contributed by atoms with Crippen molar-refractivity contribution in [3.05, 3.63) is 63.8 Å². The molecule has 3 amide bonds. The average molecular weight is 532 g/mol. The summed E-state index contributed by atoms with van der Waals surface area (Å²) in [5, 5.41) is 8.30. The molecule has 2 atom stereocenters. The number of nitrogens with one attached hydrogen (secondary N) is 3. The van der Waals surface area contributed by atoms with Gasteiger partial charge >= 0.3 is 12.0 Å². The van der Waals surface area contributed by atoms with Crippen LogP contribution < -0.4 is 25.4 Å². The monoisotopic (exact) mass is 531 g/mol. The molecule has 1 heterocycles. The molecule has 0 unspecified atom stereocenters. The lowest BCUT2D eigenvalue weighted by molar-refractivity contribution is -0.150. The van der Waals surface area contributed by atoms with Crippen LogP contribution in [0.3, 0.4) is 0 Å². The molecule has 3 N–H and O–H groups in total. The molecule has 0 saturated heterocycles. The Morgan fingerprint density at radius 2 is 1.88 bits per heavy atom. The van der Waals surface area contributed by atoms with Gasteiger partial charge in [-0.1, -0.05) is 6.07 Å². The van der Waals surface area contributed by atoms with Gasteiger partial charge in [0.1, 0.15) is 11.5 Å². The third kappa shape index (κ3) is 5.88. The molecule has 3 rings (SSSR count). The molecule has 2 aromatic carbocycles. The van der Waals surface area contributed by atoms with E-state index in [1.54, 1.807) is 70.3 Å². The van der Waals surface area contributed by atoms with E-state index in [0.717, 1.165) is 0 Å². The van der Waals surface area contributed by atoms with E-state index in [2.05, 4.69) is 31.9 Å². The molecule has 0 bridgehead atoms. The highest BCUT2D eigenvalue weighted by molar-refractivity contribution is 9.10. The van der Waals surface area contributed by atoms with Crippen molar-refractivity contribution in [1.29, 1.82) is 0 Å². The van der Waals surface area contributed by atoms with Crippen LogP contribution in [-0.4, -0.2) is 37.7 Å². The van der Waals surface area contributed by atoms with E-state index in [0.29, 0.717) is 38.5 Å². The number of hydrogen-bond donors (Lipinski definition) is 3. The van der Waals surface area contributed by atoms with Gasteiger partial charge in [-0.2, -0.15) is 0 Å². The zero-order chi connectivity index (χ0) is 24.8. The molecule has 10 heteroatoms. The molecule has 9 nitrogen and oxygen atoms in total. The summed E-state index contributed by atoms with van der Waals surface area (Å²) in [6, 6.07) is 10.9. The molecule has 0 radical (unpaired) electrons. The van der Waals surface area contributed by atoms with Crippen molar-refractivity contribution < 1.29 is 28.6 Å². The largest absolute Gasteiger partial charge is 0.497 e. The van der Waals surface area contributed by atoms with Gasteiger partial charge in [0.15, 0.2) is 6.10 Å². The molecule has 180 valence electrons. The highest BCUT2D eigenvalue weighted by atomic mass is 79.9. The maximum Gasteiger partial charge on any atom is 0.347 e. The molecule has 0 saturated carbocycles. The quantitative estimate of drug-likeness (QED) is 0.442. The lowest BCUT2D eigenvalue weighted by Crippen LogP contribution is -2.46. The lowest BCUT2D eigenvalue weighted by Gasteiger charge is -2.29. The Balaban J connectivity index is 1.85. The first-order chi connectivity index (χ1) is 16.2. The van der Waals surface area contributed by atoms with Crippen LogP contribution in [0.5, 0.6) is 11.5 Å². The number of rotatable bonds is 8. The summed E-state index contributed by atoms with van der Waals surface area (Å²) in [5.41, 5.74) is 2.03. The second-order valence-corrected chi connectivity index (χ2v) is 8.31. The minimum Gasteiger partial charge on any atom is -0.497 e. The van der Waals surface area contributed by atoms with Crippen LogP contribution >= 0.6 is 15.9 Å². The minimum atomic E-state index is -0.798. The fraction of sp³-hybridized carbons (Fsp3) is 0.292. The summed E-state index contributed by atoms with van der Waals surface area (Å²) >= 11 is 3.45. The van der Waals surface area contributed by atoms with Crippen molar-refractivity contribution in [2.75, 3.05) is 19.0 Å². The molecule has 0 spiro atoms. The van der Waals surface area contributed by atoms with E-state index >= 15 is 0 Å². The first-order valence-corrected chi connectivity index (χ1v) is 11.4. The summed E-state index contributed by atoms with van der Waals surface area (Å²) in [6.07, 6.45) is -0.798. The zero-order valence-electron chi connectivity index (χ0n) is 19.2. The topological polar surface area (TPSA) is 115 Å². The molecular weight excluding hydrogens is 506 g/mol. The number of amides is 3. The first kappa shape index (κ1) is 25.1.